The van der Waals surface area contributed by atoms with Crippen LogP contribution in [0.2, 0.25) is 5.02 Å². The number of hydrogen-bond acceptors (Lipinski definition) is 1. The smallest absolute Gasteiger partial charge is 0.145 e. The highest BCUT2D eigenvalue weighted by Crippen LogP contribution is 2.26. The van der Waals surface area contributed by atoms with Gasteiger partial charge in [-0.25, -0.2) is 17.6 Å². The number of ether oxygens (including phenoxy) is 1. The van der Waals surface area contributed by atoms with Crippen LogP contribution in [0.1, 0.15) is 27.8 Å². The molecule has 0 aliphatic carbocycles. The minimum atomic E-state index is -0.825. The van der Waals surface area contributed by atoms with Gasteiger partial charge in [0, 0.05) is 12.5 Å². The van der Waals surface area contributed by atoms with Gasteiger partial charge in [0.15, 0.2) is 0 Å². The number of halogens is 5. The Morgan fingerprint density at radius 3 is 1.97 bits per heavy atom. The van der Waals surface area contributed by atoms with Gasteiger partial charge < -0.3 is 4.74 Å². The second-order valence-electron chi connectivity index (χ2n) is 8.33. The zero-order chi connectivity index (χ0) is 24.2. The summed E-state index contributed by atoms with van der Waals surface area (Å²) in [6.45, 7) is 0.364. The van der Waals surface area contributed by atoms with Gasteiger partial charge in [-0.15, -0.1) is 0 Å². The number of hydrogen-bond donors (Lipinski definition) is 0. The van der Waals surface area contributed by atoms with Crippen LogP contribution in [0, 0.1) is 23.3 Å². The van der Waals surface area contributed by atoms with Gasteiger partial charge in [-0.1, -0.05) is 54.1 Å². The van der Waals surface area contributed by atoms with Crippen molar-refractivity contribution >= 4 is 22.4 Å². The highest BCUT2D eigenvalue weighted by atomic mass is 35.5. The topological polar surface area (TPSA) is 9.23 Å². The molecule has 4 aromatic rings. The van der Waals surface area contributed by atoms with Crippen molar-refractivity contribution in [1.82, 2.24) is 0 Å². The first-order valence-electron chi connectivity index (χ1n) is 11.0. The lowest BCUT2D eigenvalue weighted by atomic mass is 9.97. The van der Waals surface area contributed by atoms with Gasteiger partial charge in [-0.3, -0.25) is 0 Å². The van der Waals surface area contributed by atoms with Crippen molar-refractivity contribution in [2.24, 2.45) is 0 Å². The summed E-state index contributed by atoms with van der Waals surface area (Å²) < 4.78 is 61.8. The van der Waals surface area contributed by atoms with Crippen LogP contribution >= 0.6 is 11.6 Å². The summed E-state index contributed by atoms with van der Waals surface area (Å²) in [5, 5.41) is 0.686. The van der Waals surface area contributed by atoms with Gasteiger partial charge in [0.1, 0.15) is 28.3 Å². The maximum atomic E-state index is 15.1. The lowest BCUT2D eigenvalue weighted by molar-refractivity contribution is 0.184. The first kappa shape index (κ1) is 24.2. The molecule has 0 amide bonds. The Morgan fingerprint density at radius 2 is 1.26 bits per heavy atom. The predicted octanol–water partition coefficient (Wildman–Crippen LogP) is 7.77. The zero-order valence-corrected chi connectivity index (χ0v) is 19.4. The van der Waals surface area contributed by atoms with Crippen molar-refractivity contribution in [3.05, 3.63) is 117 Å². The molecule has 0 N–H and O–H groups in total. The third-order valence-corrected chi connectivity index (χ3v) is 6.30. The van der Waals surface area contributed by atoms with Gasteiger partial charge in [0.2, 0.25) is 0 Å². The molecule has 0 bridgehead atoms. The number of rotatable bonds is 8. The Balaban J connectivity index is 1.46. The highest BCUT2D eigenvalue weighted by Gasteiger charge is 2.12. The van der Waals surface area contributed by atoms with Crippen LogP contribution in [0.5, 0.6) is 0 Å². The Morgan fingerprint density at radius 1 is 0.647 bits per heavy atom. The summed E-state index contributed by atoms with van der Waals surface area (Å²) in [6.07, 6.45) is 1.72. The fourth-order valence-corrected chi connectivity index (χ4v) is 4.20. The fraction of sp³-hybridized carbons (Fsp3) is 0.214. The molecule has 0 saturated carbocycles. The van der Waals surface area contributed by atoms with E-state index >= 15 is 4.39 Å². The standard InChI is InChI=1S/C28H23ClF4O/c1-34-16-19-4-7-20(24(30)15-19)6-2-17-5-11-23-22(12-17)10-9-21(28(23)33)8-3-18-13-25(31)27(29)26(32)14-18/h4-5,7,9-15H,2-3,6,8,16H2,1H3. The first-order chi connectivity index (χ1) is 16.4. The van der Waals surface area contributed by atoms with Crippen LogP contribution in [0.3, 0.4) is 0 Å². The van der Waals surface area contributed by atoms with Crippen LogP contribution in [-0.4, -0.2) is 7.11 Å². The lowest BCUT2D eigenvalue weighted by Gasteiger charge is -2.10. The molecule has 0 atom stereocenters. The SMILES string of the molecule is COCc1ccc(CCc2ccc3c(F)c(CCc4cc(F)c(Cl)c(F)c4)ccc3c2)c(F)c1. The second-order valence-corrected chi connectivity index (χ2v) is 8.70. The van der Waals surface area contributed by atoms with E-state index in [9.17, 15) is 13.2 Å². The highest BCUT2D eigenvalue weighted by molar-refractivity contribution is 6.30. The van der Waals surface area contributed by atoms with E-state index < -0.39 is 16.7 Å². The number of benzene rings is 4. The average Bonchev–Trinajstić information content (AvgIpc) is 2.81. The van der Waals surface area contributed by atoms with E-state index in [4.69, 9.17) is 16.3 Å². The van der Waals surface area contributed by atoms with Crippen LogP contribution < -0.4 is 0 Å². The van der Waals surface area contributed by atoms with E-state index in [-0.39, 0.29) is 18.1 Å². The summed E-state index contributed by atoms with van der Waals surface area (Å²) in [5.41, 5.74) is 3.27. The van der Waals surface area contributed by atoms with Crippen molar-refractivity contribution in [1.29, 1.82) is 0 Å². The molecule has 34 heavy (non-hydrogen) atoms. The molecule has 0 aliphatic rings. The van der Waals surface area contributed by atoms with Crippen molar-refractivity contribution in [3.63, 3.8) is 0 Å². The number of methoxy groups -OCH3 is 1. The lowest BCUT2D eigenvalue weighted by Crippen LogP contribution is -1.99. The Bertz CT molecular complexity index is 1310. The molecule has 0 radical (unpaired) electrons. The molecule has 6 heteroatoms. The third-order valence-electron chi connectivity index (χ3n) is 5.94. The van der Waals surface area contributed by atoms with Gasteiger partial charge in [0.05, 0.1) is 6.61 Å². The summed E-state index contributed by atoms with van der Waals surface area (Å²) in [4.78, 5) is 0. The predicted molar refractivity (Wildman–Crippen MR) is 127 cm³/mol. The second kappa shape index (κ2) is 10.6. The van der Waals surface area contributed by atoms with Crippen molar-refractivity contribution < 1.29 is 22.3 Å². The van der Waals surface area contributed by atoms with E-state index in [1.165, 1.54) is 18.2 Å². The molecular weight excluding hydrogens is 464 g/mol. The molecule has 0 heterocycles. The summed E-state index contributed by atoms with van der Waals surface area (Å²) in [6, 6.07) is 16.5. The van der Waals surface area contributed by atoms with Crippen molar-refractivity contribution in [2.75, 3.05) is 7.11 Å². The quantitative estimate of drug-likeness (QED) is 0.182. The molecule has 0 spiro atoms. The van der Waals surface area contributed by atoms with Crippen LogP contribution in [-0.2, 0) is 37.0 Å². The zero-order valence-electron chi connectivity index (χ0n) is 18.6. The third kappa shape index (κ3) is 5.43. The Labute approximate surface area is 200 Å². The molecule has 0 aromatic heterocycles. The van der Waals surface area contributed by atoms with E-state index in [2.05, 4.69) is 0 Å². The summed E-state index contributed by atoms with van der Waals surface area (Å²) >= 11 is 5.52. The Hall–Kier alpha value is -2.89. The van der Waals surface area contributed by atoms with E-state index in [0.29, 0.717) is 47.9 Å². The monoisotopic (exact) mass is 486 g/mol. The van der Waals surface area contributed by atoms with Crippen LogP contribution in [0.4, 0.5) is 17.6 Å². The van der Waals surface area contributed by atoms with E-state index in [1.807, 2.05) is 24.3 Å². The normalized spacial score (nSPS) is 11.4. The summed E-state index contributed by atoms with van der Waals surface area (Å²) in [5.74, 6) is -2.26. The van der Waals surface area contributed by atoms with Gasteiger partial charge in [0.25, 0.3) is 0 Å². The van der Waals surface area contributed by atoms with Crippen molar-refractivity contribution in [3.8, 4) is 0 Å². The molecule has 0 saturated heterocycles. The molecule has 4 rings (SSSR count). The van der Waals surface area contributed by atoms with Crippen LogP contribution in [0.25, 0.3) is 10.8 Å². The minimum absolute atomic E-state index is 0.258. The van der Waals surface area contributed by atoms with Gasteiger partial charge in [-0.2, -0.15) is 0 Å². The average molecular weight is 487 g/mol. The Kier molecular flexibility index (Phi) is 7.54. The van der Waals surface area contributed by atoms with E-state index in [1.54, 1.807) is 25.3 Å². The number of fused-ring (bicyclic) bond motifs is 1. The first-order valence-corrected chi connectivity index (χ1v) is 11.3. The minimum Gasteiger partial charge on any atom is -0.380 e. The summed E-state index contributed by atoms with van der Waals surface area (Å²) in [7, 11) is 1.57. The maximum Gasteiger partial charge on any atom is 0.145 e. The molecule has 0 fully saturated rings. The molecule has 0 unspecified atom stereocenters. The van der Waals surface area contributed by atoms with Gasteiger partial charge in [-0.05, 0) is 77.1 Å². The van der Waals surface area contributed by atoms with E-state index in [0.717, 1.165) is 16.5 Å². The molecule has 0 aliphatic heterocycles. The number of aryl methyl sites for hydroxylation is 4. The molecule has 1 nitrogen and oxygen atoms in total. The van der Waals surface area contributed by atoms with Crippen molar-refractivity contribution in [2.45, 2.75) is 32.3 Å². The molecular formula is C28H23ClF4O. The molecule has 4 aromatic carbocycles. The molecule has 176 valence electrons. The maximum absolute atomic E-state index is 15.1. The fourth-order valence-electron chi connectivity index (χ4n) is 4.10. The van der Waals surface area contributed by atoms with Gasteiger partial charge >= 0.3 is 0 Å². The van der Waals surface area contributed by atoms with Crippen LogP contribution in [0.15, 0.2) is 60.7 Å². The largest absolute Gasteiger partial charge is 0.380 e.